The Hall–Kier alpha value is -2.78. The van der Waals surface area contributed by atoms with Crippen molar-refractivity contribution in [3.8, 4) is 0 Å². The topological polar surface area (TPSA) is 89.7 Å². The number of aliphatic imine (C=N–C) groups is 1. The van der Waals surface area contributed by atoms with Gasteiger partial charge in [-0.3, -0.25) is 0 Å². The summed E-state index contributed by atoms with van der Waals surface area (Å²) >= 11 is 0. The van der Waals surface area contributed by atoms with E-state index in [4.69, 9.17) is 4.74 Å². The molecular weight excluding hydrogens is 378 g/mol. The third-order valence-electron chi connectivity index (χ3n) is 4.52. The summed E-state index contributed by atoms with van der Waals surface area (Å²) in [5, 5.41) is 8.94. The van der Waals surface area contributed by atoms with Crippen LogP contribution in [0.15, 0.2) is 58.4 Å². The monoisotopic (exact) mass is 399 g/mol. The minimum absolute atomic E-state index is 0.252. The number of benzene rings is 2. The van der Waals surface area contributed by atoms with Crippen molar-refractivity contribution in [2.45, 2.75) is 11.8 Å². The molecule has 0 N–H and O–H groups in total. The number of ether oxygens (including phenoxy) is 1. The number of hydrogen-bond donors (Lipinski definition) is 0. The van der Waals surface area contributed by atoms with Gasteiger partial charge in [0.15, 0.2) is 9.84 Å². The molecule has 0 amide bonds. The van der Waals surface area contributed by atoms with E-state index in [1.807, 2.05) is 36.1 Å². The second-order valence-electron chi connectivity index (χ2n) is 6.59. The highest BCUT2D eigenvalue weighted by molar-refractivity contribution is 7.91. The predicted molar refractivity (Wildman–Crippen MR) is 106 cm³/mol. The lowest BCUT2D eigenvalue weighted by Crippen LogP contribution is -2.45. The van der Waals surface area contributed by atoms with Gasteiger partial charge in [0.05, 0.1) is 18.1 Å². The lowest BCUT2D eigenvalue weighted by molar-refractivity contribution is 0.0660. The van der Waals surface area contributed by atoms with Crippen molar-refractivity contribution in [2.75, 3.05) is 32.2 Å². The first-order chi connectivity index (χ1) is 13.5. The molecule has 4 rings (SSSR count). The molecule has 0 aliphatic carbocycles. The van der Waals surface area contributed by atoms with Gasteiger partial charge in [0.1, 0.15) is 16.9 Å². The Balaban J connectivity index is 1.69. The molecule has 2 aromatic carbocycles. The fourth-order valence-corrected chi connectivity index (χ4v) is 3.95. The van der Waals surface area contributed by atoms with E-state index in [1.165, 1.54) is 4.80 Å². The van der Waals surface area contributed by atoms with E-state index in [0.717, 1.165) is 16.6 Å². The average molecular weight is 399 g/mol. The lowest BCUT2D eigenvalue weighted by atomic mass is 10.2. The van der Waals surface area contributed by atoms with Crippen LogP contribution >= 0.6 is 0 Å². The molecule has 0 saturated carbocycles. The molecule has 1 fully saturated rings. The number of nitrogens with zero attached hydrogens (tertiary/aromatic N) is 5. The van der Waals surface area contributed by atoms with Crippen molar-refractivity contribution in [3.63, 3.8) is 0 Å². The van der Waals surface area contributed by atoms with Gasteiger partial charge in [-0.1, -0.05) is 29.8 Å². The van der Waals surface area contributed by atoms with Gasteiger partial charge < -0.3 is 9.64 Å². The van der Waals surface area contributed by atoms with E-state index in [9.17, 15) is 8.42 Å². The first kappa shape index (κ1) is 18.6. The number of aryl methyl sites for hydroxylation is 1. The third-order valence-corrected chi connectivity index (χ3v) is 5.97. The molecule has 0 unspecified atom stereocenters. The minimum Gasteiger partial charge on any atom is -0.378 e. The van der Waals surface area contributed by atoms with Gasteiger partial charge >= 0.3 is 0 Å². The summed E-state index contributed by atoms with van der Waals surface area (Å²) in [5.41, 5.74) is 2.46. The van der Waals surface area contributed by atoms with Crippen molar-refractivity contribution in [2.24, 2.45) is 4.99 Å². The van der Waals surface area contributed by atoms with Crippen LogP contribution in [-0.4, -0.2) is 66.5 Å². The van der Waals surface area contributed by atoms with Crippen LogP contribution < -0.4 is 0 Å². The van der Waals surface area contributed by atoms with Crippen molar-refractivity contribution in [1.82, 2.24) is 19.9 Å². The number of hydrogen-bond acceptors (Lipinski definition) is 6. The molecule has 0 radical (unpaired) electrons. The molecule has 8 nitrogen and oxygen atoms in total. The maximum Gasteiger partial charge on any atom is 0.241 e. The van der Waals surface area contributed by atoms with Crippen molar-refractivity contribution >= 4 is 26.8 Å². The first-order valence-corrected chi connectivity index (χ1v) is 10.7. The van der Waals surface area contributed by atoms with E-state index in [-0.39, 0.29) is 10.8 Å². The van der Waals surface area contributed by atoms with E-state index in [0.29, 0.717) is 32.3 Å². The number of morpholine rings is 1. The lowest BCUT2D eigenvalue weighted by Gasteiger charge is -2.28. The zero-order chi connectivity index (χ0) is 19.6. The second kappa shape index (κ2) is 7.69. The molecule has 0 spiro atoms. The van der Waals surface area contributed by atoms with Crippen LogP contribution in [-0.2, 0) is 14.6 Å². The number of rotatable bonds is 3. The van der Waals surface area contributed by atoms with Crippen LogP contribution in [0.3, 0.4) is 0 Å². The average Bonchev–Trinajstić information content (AvgIpc) is 3.13. The van der Waals surface area contributed by atoms with E-state index in [2.05, 4.69) is 15.2 Å². The van der Waals surface area contributed by atoms with Crippen molar-refractivity contribution in [1.29, 1.82) is 0 Å². The molecule has 1 aliphatic rings. The minimum atomic E-state index is -3.56. The first-order valence-electron chi connectivity index (χ1n) is 9.02. The van der Waals surface area contributed by atoms with Crippen LogP contribution in [0.1, 0.15) is 5.56 Å². The van der Waals surface area contributed by atoms with Gasteiger partial charge in [-0.2, -0.15) is 0 Å². The van der Waals surface area contributed by atoms with Gasteiger partial charge in [0.2, 0.25) is 5.96 Å². The molecule has 1 aliphatic heterocycles. The van der Waals surface area contributed by atoms with Gasteiger partial charge in [-0.25, -0.2) is 13.4 Å². The Morgan fingerprint density at radius 3 is 2.25 bits per heavy atom. The normalized spacial score (nSPS) is 15.9. The van der Waals surface area contributed by atoms with Crippen molar-refractivity contribution < 1.29 is 13.2 Å². The molecule has 9 heteroatoms. The van der Waals surface area contributed by atoms with E-state index in [1.54, 1.807) is 24.3 Å². The molecule has 0 bridgehead atoms. The maximum absolute atomic E-state index is 12.7. The number of fused-ring (bicyclic) bond motifs is 1. The largest absolute Gasteiger partial charge is 0.378 e. The molecular formula is C19H21N5O3S. The molecule has 146 valence electrons. The highest BCUT2D eigenvalue weighted by atomic mass is 32.2. The second-order valence-corrected chi connectivity index (χ2v) is 8.55. The van der Waals surface area contributed by atoms with Gasteiger partial charge in [0, 0.05) is 13.1 Å². The Labute approximate surface area is 163 Å². The Kier molecular flexibility index (Phi) is 5.10. The molecule has 1 saturated heterocycles. The summed E-state index contributed by atoms with van der Waals surface area (Å²) in [4.78, 5) is 8.04. The molecule has 1 aromatic heterocycles. The summed E-state index contributed by atoms with van der Waals surface area (Å²) in [6, 6.07) is 14.3. The molecule has 3 aromatic rings. The van der Waals surface area contributed by atoms with E-state index < -0.39 is 9.84 Å². The maximum atomic E-state index is 12.7. The Morgan fingerprint density at radius 2 is 1.64 bits per heavy atom. The van der Waals surface area contributed by atoms with Crippen molar-refractivity contribution in [3.05, 3.63) is 54.1 Å². The smallest absolute Gasteiger partial charge is 0.241 e. The fraction of sp³-hybridized carbons (Fsp3) is 0.316. The van der Waals surface area contributed by atoms with Gasteiger partial charge in [-0.15, -0.1) is 15.0 Å². The zero-order valence-corrected chi connectivity index (χ0v) is 16.3. The number of aromatic nitrogens is 3. The summed E-state index contributed by atoms with van der Waals surface area (Å²) in [6.45, 7) is 4.21. The van der Waals surface area contributed by atoms with Crippen LogP contribution in [0, 0.1) is 6.92 Å². The molecule has 2 heterocycles. The Morgan fingerprint density at radius 1 is 1.04 bits per heavy atom. The summed E-state index contributed by atoms with van der Waals surface area (Å²) in [6.07, 6.45) is 0. The fourth-order valence-electron chi connectivity index (χ4n) is 2.97. The highest BCUT2D eigenvalue weighted by Crippen LogP contribution is 2.14. The molecule has 0 atom stereocenters. The van der Waals surface area contributed by atoms with Crippen LogP contribution in [0.2, 0.25) is 0 Å². The van der Waals surface area contributed by atoms with Crippen LogP contribution in [0.5, 0.6) is 0 Å². The predicted octanol–water partition coefficient (Wildman–Crippen LogP) is 1.71. The molecule has 28 heavy (non-hydrogen) atoms. The van der Waals surface area contributed by atoms with Crippen LogP contribution in [0.4, 0.5) is 0 Å². The standard InChI is InChI=1S/C19H21N5O3S/c1-15-6-8-16(9-7-15)28(25,26)14-20-19(23-10-12-27-13-11-23)24-21-17-4-2-3-5-18(17)22-24/h2-9H,10-14H2,1H3/b20-19+. The Bertz CT molecular complexity index is 1070. The van der Waals surface area contributed by atoms with Gasteiger partial charge in [-0.05, 0) is 31.2 Å². The summed E-state index contributed by atoms with van der Waals surface area (Å²) < 4.78 is 30.9. The van der Waals surface area contributed by atoms with E-state index >= 15 is 0 Å². The quantitative estimate of drug-likeness (QED) is 0.492. The number of sulfone groups is 1. The summed E-state index contributed by atoms with van der Waals surface area (Å²) in [5.74, 6) is 0.0378. The van der Waals surface area contributed by atoms with Gasteiger partial charge in [0.25, 0.3) is 0 Å². The third kappa shape index (κ3) is 3.90. The summed E-state index contributed by atoms with van der Waals surface area (Å²) in [7, 11) is -3.56. The highest BCUT2D eigenvalue weighted by Gasteiger charge is 2.21. The SMILES string of the molecule is Cc1ccc(S(=O)(=O)C/N=C(\N2CCOCC2)n2nc3ccccc3n2)cc1. The van der Waals surface area contributed by atoms with Crippen LogP contribution in [0.25, 0.3) is 11.0 Å². The zero-order valence-electron chi connectivity index (χ0n) is 15.5.